The summed E-state index contributed by atoms with van der Waals surface area (Å²) in [7, 11) is 0. The van der Waals surface area contributed by atoms with Crippen LogP contribution in [0.15, 0.2) is 48.5 Å². The van der Waals surface area contributed by atoms with Crippen molar-refractivity contribution in [3.8, 4) is 5.75 Å². The summed E-state index contributed by atoms with van der Waals surface area (Å²) in [4.78, 5) is 0. The van der Waals surface area contributed by atoms with E-state index in [4.69, 9.17) is 21.4 Å². The number of aliphatic hydroxyl groups excluding tert-OH is 1. The van der Waals surface area contributed by atoms with Crippen molar-refractivity contribution >= 4 is 24.0 Å². The van der Waals surface area contributed by atoms with Crippen molar-refractivity contribution < 1.29 is 9.84 Å². The van der Waals surface area contributed by atoms with Crippen LogP contribution >= 0.6 is 24.0 Å². The summed E-state index contributed by atoms with van der Waals surface area (Å²) in [5.74, 6) is 0.817. The molecule has 0 amide bonds. The number of nitrogens with one attached hydrogen (secondary N) is 1. The van der Waals surface area contributed by atoms with Gasteiger partial charge in [-0.25, -0.2) is 0 Å². The Kier molecular flexibility index (Phi) is 9.03. The molecule has 0 heterocycles. The Balaban J connectivity index is 0.00000264. The highest BCUT2D eigenvalue weighted by Crippen LogP contribution is 2.19. The average molecular weight is 356 g/mol. The fourth-order valence-electron chi connectivity index (χ4n) is 2.08. The molecule has 0 fully saturated rings. The van der Waals surface area contributed by atoms with Crippen LogP contribution in [0.25, 0.3) is 0 Å². The van der Waals surface area contributed by atoms with E-state index in [9.17, 15) is 0 Å². The Hall–Kier alpha value is -1.26. The molecular formula is C18H23Cl2NO2. The van der Waals surface area contributed by atoms with Crippen LogP contribution in [-0.2, 0) is 13.2 Å². The highest BCUT2D eigenvalue weighted by atomic mass is 35.5. The van der Waals surface area contributed by atoms with E-state index in [2.05, 4.69) is 12.2 Å². The molecule has 2 aromatic rings. The molecule has 2 N–H and O–H groups in total. The molecule has 0 saturated heterocycles. The second-order valence-corrected chi connectivity index (χ2v) is 5.60. The molecule has 0 spiro atoms. The van der Waals surface area contributed by atoms with Crippen LogP contribution in [0.2, 0.25) is 5.02 Å². The minimum atomic E-state index is 0. The molecule has 1 atom stereocenters. The van der Waals surface area contributed by atoms with Crippen molar-refractivity contribution in [2.24, 2.45) is 0 Å². The van der Waals surface area contributed by atoms with Crippen LogP contribution in [0.3, 0.4) is 0 Å². The second-order valence-electron chi connectivity index (χ2n) is 5.19. The number of hydrogen-bond donors (Lipinski definition) is 2. The zero-order valence-corrected chi connectivity index (χ0v) is 14.7. The largest absolute Gasteiger partial charge is 0.489 e. The summed E-state index contributed by atoms with van der Waals surface area (Å²) in [5, 5.41) is 13.2. The molecule has 23 heavy (non-hydrogen) atoms. The minimum absolute atomic E-state index is 0. The van der Waals surface area contributed by atoms with Crippen LogP contribution in [-0.4, -0.2) is 17.8 Å². The lowest BCUT2D eigenvalue weighted by atomic mass is 10.2. The molecule has 0 saturated carbocycles. The predicted octanol–water partition coefficient (Wildman–Crippen LogP) is 4.20. The van der Waals surface area contributed by atoms with Crippen molar-refractivity contribution in [3.63, 3.8) is 0 Å². The first kappa shape index (κ1) is 19.8. The zero-order valence-electron chi connectivity index (χ0n) is 13.2. The fourth-order valence-corrected chi connectivity index (χ4v) is 2.27. The molecule has 1 unspecified atom stereocenters. The standard InChI is InChI=1S/C18H22ClNO2.ClH/c1-2-16(12-21)20-11-14-7-9-17(10-8-14)22-13-15-5-3-4-6-18(15)19;/h3-10,16,20-21H,2,11-13H2,1H3;1H. The number of hydrogen-bond acceptors (Lipinski definition) is 3. The number of benzene rings is 2. The van der Waals surface area contributed by atoms with E-state index in [1.165, 1.54) is 0 Å². The molecule has 0 aliphatic rings. The van der Waals surface area contributed by atoms with Gasteiger partial charge in [-0.2, -0.15) is 0 Å². The first-order valence-corrected chi connectivity index (χ1v) is 7.90. The molecule has 2 rings (SSSR count). The van der Waals surface area contributed by atoms with E-state index >= 15 is 0 Å². The molecule has 5 heteroatoms. The van der Waals surface area contributed by atoms with Crippen molar-refractivity contribution in [2.45, 2.75) is 32.5 Å². The normalized spacial score (nSPS) is 11.6. The Morgan fingerprint density at radius 1 is 1.13 bits per heavy atom. The maximum atomic E-state index is 9.16. The zero-order chi connectivity index (χ0) is 15.8. The van der Waals surface area contributed by atoms with Gasteiger partial charge in [0.2, 0.25) is 0 Å². The Labute approximate surface area is 149 Å². The Bertz CT molecular complexity index is 571. The highest BCUT2D eigenvalue weighted by Gasteiger charge is 2.04. The average Bonchev–Trinajstić information content (AvgIpc) is 2.56. The van der Waals surface area contributed by atoms with Gasteiger partial charge < -0.3 is 15.2 Å². The maximum absolute atomic E-state index is 9.16. The molecule has 0 aliphatic carbocycles. The summed E-state index contributed by atoms with van der Waals surface area (Å²) in [6, 6.07) is 15.8. The Morgan fingerprint density at radius 2 is 1.83 bits per heavy atom. The van der Waals surface area contributed by atoms with Gasteiger partial charge >= 0.3 is 0 Å². The molecule has 0 aromatic heterocycles. The van der Waals surface area contributed by atoms with Gasteiger partial charge in [0.05, 0.1) is 6.61 Å². The van der Waals surface area contributed by atoms with Crippen LogP contribution in [0.5, 0.6) is 5.75 Å². The Morgan fingerprint density at radius 3 is 2.43 bits per heavy atom. The molecular weight excluding hydrogens is 333 g/mol. The van der Waals surface area contributed by atoms with Crippen molar-refractivity contribution in [1.29, 1.82) is 0 Å². The van der Waals surface area contributed by atoms with Crippen LogP contribution in [0, 0.1) is 0 Å². The molecule has 2 aromatic carbocycles. The van der Waals surface area contributed by atoms with E-state index in [-0.39, 0.29) is 25.1 Å². The van der Waals surface area contributed by atoms with Crippen molar-refractivity contribution in [3.05, 3.63) is 64.7 Å². The van der Waals surface area contributed by atoms with E-state index in [0.717, 1.165) is 34.9 Å². The van der Waals surface area contributed by atoms with Crippen LogP contribution in [0.4, 0.5) is 0 Å². The number of halogens is 2. The highest BCUT2D eigenvalue weighted by molar-refractivity contribution is 6.31. The lowest BCUT2D eigenvalue weighted by Crippen LogP contribution is -2.31. The number of rotatable bonds is 8. The van der Waals surface area contributed by atoms with Gasteiger partial charge in [-0.3, -0.25) is 0 Å². The summed E-state index contributed by atoms with van der Waals surface area (Å²) in [6.07, 6.45) is 0.912. The van der Waals surface area contributed by atoms with Crippen LogP contribution < -0.4 is 10.1 Å². The first-order valence-electron chi connectivity index (χ1n) is 7.52. The van der Waals surface area contributed by atoms with Gasteiger partial charge in [0.25, 0.3) is 0 Å². The third-order valence-electron chi connectivity index (χ3n) is 3.58. The van der Waals surface area contributed by atoms with E-state index in [1.54, 1.807) is 0 Å². The van der Waals surface area contributed by atoms with Crippen LogP contribution in [0.1, 0.15) is 24.5 Å². The van der Waals surface area contributed by atoms with E-state index in [0.29, 0.717) is 6.61 Å². The lowest BCUT2D eigenvalue weighted by molar-refractivity contribution is 0.238. The molecule has 0 bridgehead atoms. The van der Waals surface area contributed by atoms with Crippen molar-refractivity contribution in [1.82, 2.24) is 5.32 Å². The quantitative estimate of drug-likeness (QED) is 0.745. The maximum Gasteiger partial charge on any atom is 0.119 e. The summed E-state index contributed by atoms with van der Waals surface area (Å²) >= 11 is 6.11. The van der Waals surface area contributed by atoms with Gasteiger partial charge in [-0.05, 0) is 30.2 Å². The van der Waals surface area contributed by atoms with Crippen molar-refractivity contribution in [2.75, 3.05) is 6.61 Å². The smallest absolute Gasteiger partial charge is 0.119 e. The molecule has 3 nitrogen and oxygen atoms in total. The van der Waals surface area contributed by atoms with Gasteiger partial charge in [-0.15, -0.1) is 12.4 Å². The third kappa shape index (κ3) is 6.40. The SMILES string of the molecule is CCC(CO)NCc1ccc(OCc2ccccc2Cl)cc1.Cl. The summed E-state index contributed by atoms with van der Waals surface area (Å²) in [6.45, 7) is 3.42. The van der Waals surface area contributed by atoms with Gasteiger partial charge in [0, 0.05) is 23.2 Å². The van der Waals surface area contributed by atoms with E-state index < -0.39 is 0 Å². The number of aliphatic hydroxyl groups is 1. The summed E-state index contributed by atoms with van der Waals surface area (Å²) < 4.78 is 5.75. The predicted molar refractivity (Wildman–Crippen MR) is 97.5 cm³/mol. The topological polar surface area (TPSA) is 41.5 Å². The number of ether oxygens (including phenoxy) is 1. The minimum Gasteiger partial charge on any atom is -0.489 e. The molecule has 126 valence electrons. The second kappa shape index (κ2) is 10.5. The van der Waals surface area contributed by atoms with E-state index in [1.807, 2.05) is 48.5 Å². The third-order valence-corrected chi connectivity index (χ3v) is 3.95. The summed E-state index contributed by atoms with van der Waals surface area (Å²) in [5.41, 5.74) is 2.14. The molecule has 0 aliphatic heterocycles. The van der Waals surface area contributed by atoms with Gasteiger partial charge in [-0.1, -0.05) is 48.9 Å². The molecule has 0 radical (unpaired) electrons. The first-order chi connectivity index (χ1) is 10.7. The van der Waals surface area contributed by atoms with Gasteiger partial charge in [0.15, 0.2) is 0 Å². The lowest BCUT2D eigenvalue weighted by Gasteiger charge is -2.14. The van der Waals surface area contributed by atoms with Gasteiger partial charge in [0.1, 0.15) is 12.4 Å². The fraction of sp³-hybridized carbons (Fsp3) is 0.333. The monoisotopic (exact) mass is 355 g/mol.